The zero-order chi connectivity index (χ0) is 22.4. The van der Waals surface area contributed by atoms with E-state index >= 15 is 0 Å². The molecule has 0 radical (unpaired) electrons. The molecule has 0 fully saturated rings. The quantitative estimate of drug-likeness (QED) is 0.402. The van der Waals surface area contributed by atoms with Gasteiger partial charge >= 0.3 is 11.3 Å². The SMILES string of the molecule is Cc1ccc2oc(=O)c(C(c3ccccc3)c3c(O)c4ccccc4oc3=O)c(O)c2c1. The van der Waals surface area contributed by atoms with Crippen LogP contribution in [-0.2, 0) is 0 Å². The van der Waals surface area contributed by atoms with Gasteiger partial charge in [0, 0.05) is 0 Å². The fourth-order valence-corrected chi connectivity index (χ4v) is 4.09. The summed E-state index contributed by atoms with van der Waals surface area (Å²) in [5.74, 6) is -1.73. The molecule has 2 N–H and O–H groups in total. The van der Waals surface area contributed by atoms with Crippen molar-refractivity contribution in [2.24, 2.45) is 0 Å². The van der Waals surface area contributed by atoms with Gasteiger partial charge in [-0.3, -0.25) is 0 Å². The Kier molecular flexibility index (Phi) is 4.56. The van der Waals surface area contributed by atoms with Crippen LogP contribution in [0.5, 0.6) is 11.5 Å². The van der Waals surface area contributed by atoms with E-state index < -0.39 is 17.2 Å². The van der Waals surface area contributed by atoms with Crippen molar-refractivity contribution in [1.82, 2.24) is 0 Å². The maximum absolute atomic E-state index is 13.1. The van der Waals surface area contributed by atoms with Gasteiger partial charge < -0.3 is 19.0 Å². The zero-order valence-corrected chi connectivity index (χ0v) is 17.0. The second-order valence-corrected chi connectivity index (χ2v) is 7.64. The smallest absolute Gasteiger partial charge is 0.344 e. The third-order valence-corrected chi connectivity index (χ3v) is 5.60. The minimum Gasteiger partial charge on any atom is -0.507 e. The summed E-state index contributed by atoms with van der Waals surface area (Å²) in [4.78, 5) is 26.1. The number of hydrogen-bond donors (Lipinski definition) is 2. The van der Waals surface area contributed by atoms with E-state index in [1.165, 1.54) is 0 Å². The van der Waals surface area contributed by atoms with Crippen molar-refractivity contribution in [3.05, 3.63) is 116 Å². The van der Waals surface area contributed by atoms with Crippen LogP contribution in [0.4, 0.5) is 0 Å². The van der Waals surface area contributed by atoms with Crippen LogP contribution in [0.2, 0.25) is 0 Å². The van der Waals surface area contributed by atoms with E-state index in [2.05, 4.69) is 0 Å². The van der Waals surface area contributed by atoms with E-state index in [-0.39, 0.29) is 33.8 Å². The molecule has 158 valence electrons. The van der Waals surface area contributed by atoms with Crippen LogP contribution < -0.4 is 11.3 Å². The van der Waals surface area contributed by atoms with Crippen LogP contribution in [0.25, 0.3) is 21.9 Å². The molecule has 0 saturated heterocycles. The molecule has 2 heterocycles. The highest BCUT2D eigenvalue weighted by molar-refractivity contribution is 5.87. The predicted molar refractivity (Wildman–Crippen MR) is 120 cm³/mol. The average Bonchev–Trinajstić information content (AvgIpc) is 2.79. The second-order valence-electron chi connectivity index (χ2n) is 7.64. The number of rotatable bonds is 3. The number of fused-ring (bicyclic) bond motifs is 2. The second kappa shape index (κ2) is 7.42. The van der Waals surface area contributed by atoms with Crippen LogP contribution in [0, 0.1) is 6.92 Å². The Labute approximate surface area is 181 Å². The molecule has 0 spiro atoms. The van der Waals surface area contributed by atoms with Crippen molar-refractivity contribution in [1.29, 1.82) is 0 Å². The maximum atomic E-state index is 13.1. The van der Waals surface area contributed by atoms with Gasteiger partial charge in [-0.1, -0.05) is 54.1 Å². The van der Waals surface area contributed by atoms with E-state index in [1.54, 1.807) is 72.8 Å². The van der Waals surface area contributed by atoms with E-state index in [4.69, 9.17) is 8.83 Å². The minimum absolute atomic E-state index is 0.146. The van der Waals surface area contributed by atoms with Crippen molar-refractivity contribution in [2.45, 2.75) is 12.8 Å². The molecule has 6 heteroatoms. The van der Waals surface area contributed by atoms with Gasteiger partial charge in [-0.25, -0.2) is 9.59 Å². The lowest BCUT2D eigenvalue weighted by Gasteiger charge is -2.19. The summed E-state index contributed by atoms with van der Waals surface area (Å²) < 4.78 is 10.9. The van der Waals surface area contributed by atoms with Crippen LogP contribution in [0.15, 0.2) is 91.2 Å². The molecule has 3 aromatic carbocycles. The lowest BCUT2D eigenvalue weighted by Crippen LogP contribution is -2.21. The molecule has 0 bridgehead atoms. The van der Waals surface area contributed by atoms with Gasteiger partial charge in [-0.15, -0.1) is 0 Å². The zero-order valence-electron chi connectivity index (χ0n) is 17.0. The van der Waals surface area contributed by atoms with Crippen LogP contribution in [0.1, 0.15) is 28.2 Å². The van der Waals surface area contributed by atoms with Gasteiger partial charge in [0.25, 0.3) is 0 Å². The third-order valence-electron chi connectivity index (χ3n) is 5.60. The summed E-state index contributed by atoms with van der Waals surface area (Å²) >= 11 is 0. The Bertz CT molecular complexity index is 1590. The monoisotopic (exact) mass is 426 g/mol. The summed E-state index contributed by atoms with van der Waals surface area (Å²) in [6.45, 7) is 1.85. The minimum atomic E-state index is -1.11. The molecule has 1 unspecified atom stereocenters. The van der Waals surface area contributed by atoms with Crippen LogP contribution in [-0.4, -0.2) is 10.2 Å². The third kappa shape index (κ3) is 3.04. The summed E-state index contributed by atoms with van der Waals surface area (Å²) in [5.41, 5.74) is -0.0918. The van der Waals surface area contributed by atoms with Gasteiger partial charge in [0.15, 0.2) is 0 Å². The largest absolute Gasteiger partial charge is 0.507 e. The Balaban J connectivity index is 1.91. The van der Waals surface area contributed by atoms with Gasteiger partial charge in [-0.2, -0.15) is 0 Å². The van der Waals surface area contributed by atoms with Crippen molar-refractivity contribution >= 4 is 21.9 Å². The highest BCUT2D eigenvalue weighted by Crippen LogP contribution is 2.41. The number of para-hydroxylation sites is 1. The normalized spacial score (nSPS) is 12.3. The summed E-state index contributed by atoms with van der Waals surface area (Å²) in [5, 5.41) is 22.9. The standard InChI is InChI=1S/C26H18O6/c1-14-11-12-19-17(13-14)24(28)22(26(30)32-19)20(15-7-3-2-4-8-15)21-23(27)16-9-5-6-10-18(16)31-25(21)29/h2-13,20,27-28H,1H3. The molecule has 2 aromatic heterocycles. The van der Waals surface area contributed by atoms with Gasteiger partial charge in [0.1, 0.15) is 22.7 Å². The first-order chi connectivity index (χ1) is 15.5. The number of aromatic hydroxyl groups is 2. The lowest BCUT2D eigenvalue weighted by atomic mass is 9.84. The Hall–Kier alpha value is -4.32. The Morgan fingerprint density at radius 3 is 1.94 bits per heavy atom. The molecule has 6 nitrogen and oxygen atoms in total. The molecule has 1 atom stereocenters. The number of benzene rings is 3. The number of aryl methyl sites for hydroxylation is 1. The fraction of sp³-hybridized carbons (Fsp3) is 0.0769. The van der Waals surface area contributed by atoms with Crippen molar-refractivity contribution in [3.8, 4) is 11.5 Å². The Morgan fingerprint density at radius 1 is 0.688 bits per heavy atom. The van der Waals surface area contributed by atoms with Crippen LogP contribution >= 0.6 is 0 Å². The maximum Gasteiger partial charge on any atom is 0.344 e. The highest BCUT2D eigenvalue weighted by atomic mass is 16.4. The van der Waals surface area contributed by atoms with E-state index in [1.807, 2.05) is 6.92 Å². The molecule has 0 saturated carbocycles. The van der Waals surface area contributed by atoms with Crippen molar-refractivity contribution in [2.75, 3.05) is 0 Å². The van der Waals surface area contributed by atoms with E-state index in [0.717, 1.165) is 5.56 Å². The molecule has 0 aliphatic heterocycles. The van der Waals surface area contributed by atoms with Gasteiger partial charge in [-0.05, 0) is 36.8 Å². The van der Waals surface area contributed by atoms with Gasteiger partial charge in [0.2, 0.25) is 0 Å². The Morgan fingerprint density at radius 2 is 1.25 bits per heavy atom. The first-order valence-corrected chi connectivity index (χ1v) is 10.0. The predicted octanol–water partition coefficient (Wildman–Crippen LogP) is 4.80. The molecular formula is C26H18O6. The molecule has 0 aliphatic rings. The molecule has 0 amide bonds. The average molecular weight is 426 g/mol. The summed E-state index contributed by atoms with van der Waals surface area (Å²) in [7, 11) is 0. The topological polar surface area (TPSA) is 101 Å². The number of hydrogen-bond acceptors (Lipinski definition) is 6. The summed E-state index contributed by atoms with van der Waals surface area (Å²) in [6, 6.07) is 20.3. The van der Waals surface area contributed by atoms with Gasteiger partial charge in [0.05, 0.1) is 27.8 Å². The van der Waals surface area contributed by atoms with Crippen LogP contribution in [0.3, 0.4) is 0 Å². The first kappa shape index (κ1) is 19.6. The van der Waals surface area contributed by atoms with Crippen molar-refractivity contribution < 1.29 is 19.0 Å². The first-order valence-electron chi connectivity index (χ1n) is 10.0. The van der Waals surface area contributed by atoms with E-state index in [0.29, 0.717) is 16.3 Å². The molecule has 32 heavy (non-hydrogen) atoms. The molecule has 0 aliphatic carbocycles. The fourth-order valence-electron chi connectivity index (χ4n) is 4.09. The summed E-state index contributed by atoms with van der Waals surface area (Å²) in [6.07, 6.45) is 0. The van der Waals surface area contributed by atoms with Crippen molar-refractivity contribution in [3.63, 3.8) is 0 Å². The highest BCUT2D eigenvalue weighted by Gasteiger charge is 2.32. The lowest BCUT2D eigenvalue weighted by molar-refractivity contribution is 0.441. The van der Waals surface area contributed by atoms with E-state index in [9.17, 15) is 19.8 Å². The molecule has 5 aromatic rings. The molecular weight excluding hydrogens is 408 g/mol. The molecule has 5 rings (SSSR count).